The minimum atomic E-state index is -0.232. The van der Waals surface area contributed by atoms with Gasteiger partial charge in [0.2, 0.25) is 0 Å². The Bertz CT molecular complexity index is 172. The first-order valence-electron chi connectivity index (χ1n) is 5.71. The molecule has 0 bridgehead atoms. The van der Waals surface area contributed by atoms with Crippen molar-refractivity contribution in [2.24, 2.45) is 5.92 Å². The van der Waals surface area contributed by atoms with E-state index in [1.165, 1.54) is 32.1 Å². The Balaban J connectivity index is 2.00. The molecule has 1 heterocycles. The highest BCUT2D eigenvalue weighted by atomic mass is 79.9. The molecule has 3 heteroatoms. The van der Waals surface area contributed by atoms with Gasteiger partial charge in [0, 0.05) is 17.7 Å². The Labute approximate surface area is 94.5 Å². The minimum absolute atomic E-state index is 0.232. The first-order chi connectivity index (χ1) is 6.87. The molecule has 0 N–H and O–H groups in total. The molecule has 1 saturated carbocycles. The molecule has 1 saturated heterocycles. The second-order valence-electron chi connectivity index (χ2n) is 4.28. The lowest BCUT2D eigenvalue weighted by Crippen LogP contribution is -2.40. The van der Waals surface area contributed by atoms with Crippen LogP contribution >= 0.6 is 15.9 Å². The van der Waals surface area contributed by atoms with E-state index in [0.717, 1.165) is 25.0 Å². The van der Waals surface area contributed by atoms with Crippen LogP contribution in [0.2, 0.25) is 0 Å². The molecule has 1 aliphatic carbocycles. The van der Waals surface area contributed by atoms with Crippen molar-refractivity contribution < 1.29 is 9.47 Å². The zero-order valence-corrected chi connectivity index (χ0v) is 10.2. The summed E-state index contributed by atoms with van der Waals surface area (Å²) in [6.45, 7) is 1.56. The maximum absolute atomic E-state index is 5.87. The smallest absolute Gasteiger partial charge is 0.172 e. The fraction of sp³-hybridized carbons (Fsp3) is 1.00. The predicted octanol–water partition coefficient (Wildman–Crippen LogP) is 3.09. The highest BCUT2D eigenvalue weighted by Gasteiger charge is 2.43. The van der Waals surface area contributed by atoms with E-state index >= 15 is 0 Å². The van der Waals surface area contributed by atoms with Crippen molar-refractivity contribution in [2.75, 3.05) is 18.5 Å². The number of alkyl halides is 1. The highest BCUT2D eigenvalue weighted by molar-refractivity contribution is 9.09. The molecule has 0 atom stereocenters. The molecule has 2 rings (SSSR count). The largest absolute Gasteiger partial charge is 0.347 e. The van der Waals surface area contributed by atoms with Crippen LogP contribution < -0.4 is 0 Å². The molecule has 0 aromatic heterocycles. The third kappa shape index (κ3) is 2.15. The van der Waals surface area contributed by atoms with Gasteiger partial charge in [0.1, 0.15) is 0 Å². The van der Waals surface area contributed by atoms with Gasteiger partial charge >= 0.3 is 0 Å². The molecular weight excluding hydrogens is 244 g/mol. The van der Waals surface area contributed by atoms with Gasteiger partial charge in [-0.3, -0.25) is 0 Å². The van der Waals surface area contributed by atoms with Crippen molar-refractivity contribution in [1.29, 1.82) is 0 Å². The molecule has 0 unspecified atom stereocenters. The summed E-state index contributed by atoms with van der Waals surface area (Å²) in [5, 5.41) is 0.976. The van der Waals surface area contributed by atoms with Gasteiger partial charge in [0.25, 0.3) is 0 Å². The monoisotopic (exact) mass is 262 g/mol. The van der Waals surface area contributed by atoms with Crippen LogP contribution in [0.4, 0.5) is 0 Å². The van der Waals surface area contributed by atoms with Crippen molar-refractivity contribution in [3.05, 3.63) is 0 Å². The van der Waals surface area contributed by atoms with E-state index in [-0.39, 0.29) is 5.79 Å². The number of rotatable bonds is 3. The van der Waals surface area contributed by atoms with Crippen molar-refractivity contribution >= 4 is 15.9 Å². The molecule has 2 aliphatic rings. The summed E-state index contributed by atoms with van der Waals surface area (Å²) < 4.78 is 11.7. The fourth-order valence-corrected chi connectivity index (χ4v) is 3.28. The molecule has 0 amide bonds. The molecule has 0 spiro atoms. The van der Waals surface area contributed by atoms with Crippen LogP contribution in [0.1, 0.15) is 38.5 Å². The normalized spacial score (nSPS) is 28.1. The van der Waals surface area contributed by atoms with Crippen molar-refractivity contribution in [1.82, 2.24) is 0 Å². The maximum Gasteiger partial charge on any atom is 0.172 e. The molecular formula is C11H19BrO2. The first kappa shape index (κ1) is 10.9. The van der Waals surface area contributed by atoms with Crippen LogP contribution in [0, 0.1) is 5.92 Å². The third-order valence-corrected chi connectivity index (χ3v) is 3.84. The molecule has 2 nitrogen and oxygen atoms in total. The van der Waals surface area contributed by atoms with E-state index in [4.69, 9.17) is 9.47 Å². The summed E-state index contributed by atoms with van der Waals surface area (Å²) in [6.07, 6.45) is 7.65. The molecule has 2 fully saturated rings. The molecule has 1 aliphatic heterocycles. The lowest BCUT2D eigenvalue weighted by Gasteiger charge is -2.37. The van der Waals surface area contributed by atoms with Gasteiger partial charge in [-0.2, -0.15) is 0 Å². The van der Waals surface area contributed by atoms with E-state index in [9.17, 15) is 0 Å². The Morgan fingerprint density at radius 3 is 2.29 bits per heavy atom. The molecule has 0 aromatic carbocycles. The second-order valence-corrected chi connectivity index (χ2v) is 5.08. The number of ether oxygens (including phenoxy) is 2. The zero-order chi connectivity index (χ0) is 9.86. The number of hydrogen-bond acceptors (Lipinski definition) is 2. The Kier molecular flexibility index (Phi) is 3.86. The molecule has 0 radical (unpaired) electrons. The van der Waals surface area contributed by atoms with E-state index in [1.807, 2.05) is 0 Å². The average molecular weight is 263 g/mol. The van der Waals surface area contributed by atoms with Gasteiger partial charge in [0.05, 0.1) is 13.2 Å². The molecule has 0 aromatic rings. The Hall–Kier alpha value is 0.400. The lowest BCUT2D eigenvalue weighted by molar-refractivity contribution is -0.202. The Morgan fingerprint density at radius 2 is 1.71 bits per heavy atom. The third-order valence-electron chi connectivity index (χ3n) is 3.45. The van der Waals surface area contributed by atoms with Gasteiger partial charge in [-0.05, 0) is 12.8 Å². The summed E-state index contributed by atoms with van der Waals surface area (Å²) in [6, 6.07) is 0. The summed E-state index contributed by atoms with van der Waals surface area (Å²) >= 11 is 3.50. The van der Waals surface area contributed by atoms with Crippen LogP contribution in [-0.4, -0.2) is 24.3 Å². The van der Waals surface area contributed by atoms with Crippen LogP contribution in [0.5, 0.6) is 0 Å². The average Bonchev–Trinajstić information content (AvgIpc) is 2.70. The van der Waals surface area contributed by atoms with E-state index in [0.29, 0.717) is 5.92 Å². The Morgan fingerprint density at radius 1 is 1.07 bits per heavy atom. The second kappa shape index (κ2) is 4.95. The zero-order valence-electron chi connectivity index (χ0n) is 8.64. The van der Waals surface area contributed by atoms with Crippen molar-refractivity contribution in [2.45, 2.75) is 44.3 Å². The lowest BCUT2D eigenvalue weighted by atomic mass is 9.82. The van der Waals surface area contributed by atoms with Crippen LogP contribution in [0.15, 0.2) is 0 Å². The van der Waals surface area contributed by atoms with Crippen molar-refractivity contribution in [3.8, 4) is 0 Å². The van der Waals surface area contributed by atoms with E-state index in [2.05, 4.69) is 15.9 Å². The molecule has 14 heavy (non-hydrogen) atoms. The van der Waals surface area contributed by atoms with Crippen LogP contribution in [0.25, 0.3) is 0 Å². The summed E-state index contributed by atoms with van der Waals surface area (Å²) in [4.78, 5) is 0. The summed E-state index contributed by atoms with van der Waals surface area (Å²) in [7, 11) is 0. The number of hydrogen-bond donors (Lipinski definition) is 0. The first-order valence-corrected chi connectivity index (χ1v) is 6.83. The van der Waals surface area contributed by atoms with E-state index in [1.54, 1.807) is 0 Å². The van der Waals surface area contributed by atoms with Gasteiger partial charge in [-0.1, -0.05) is 35.2 Å². The highest BCUT2D eigenvalue weighted by Crippen LogP contribution is 2.40. The van der Waals surface area contributed by atoms with Crippen LogP contribution in [-0.2, 0) is 9.47 Å². The molecule has 82 valence electrons. The fourth-order valence-electron chi connectivity index (χ4n) is 2.73. The SMILES string of the molecule is BrCCC1(C2CCCCC2)OCCO1. The summed E-state index contributed by atoms with van der Waals surface area (Å²) in [5.41, 5.74) is 0. The van der Waals surface area contributed by atoms with Gasteiger partial charge in [-0.15, -0.1) is 0 Å². The number of halogens is 1. The predicted molar refractivity (Wildman–Crippen MR) is 59.6 cm³/mol. The van der Waals surface area contributed by atoms with Crippen molar-refractivity contribution in [3.63, 3.8) is 0 Å². The van der Waals surface area contributed by atoms with Gasteiger partial charge in [-0.25, -0.2) is 0 Å². The van der Waals surface area contributed by atoms with E-state index < -0.39 is 0 Å². The standard InChI is InChI=1S/C11H19BrO2/c12-7-6-11(13-8-9-14-11)10-4-2-1-3-5-10/h10H,1-9H2. The van der Waals surface area contributed by atoms with Gasteiger partial charge in [0.15, 0.2) is 5.79 Å². The topological polar surface area (TPSA) is 18.5 Å². The van der Waals surface area contributed by atoms with Gasteiger partial charge < -0.3 is 9.47 Å². The maximum atomic E-state index is 5.87. The summed E-state index contributed by atoms with van der Waals surface area (Å²) in [5.74, 6) is 0.403. The quantitative estimate of drug-likeness (QED) is 0.728. The minimum Gasteiger partial charge on any atom is -0.347 e. The van der Waals surface area contributed by atoms with Crippen LogP contribution in [0.3, 0.4) is 0 Å².